The van der Waals surface area contributed by atoms with Crippen molar-refractivity contribution in [3.05, 3.63) is 24.3 Å². The van der Waals surface area contributed by atoms with E-state index in [1.807, 2.05) is 24.3 Å². The summed E-state index contributed by atoms with van der Waals surface area (Å²) in [6, 6.07) is 7.50. The average molecular weight is 430 g/mol. The fourth-order valence-corrected chi connectivity index (χ4v) is 3.91. The topological polar surface area (TPSA) is 117 Å². The molecule has 10 nitrogen and oxygen atoms in total. The molecule has 0 saturated carbocycles. The van der Waals surface area contributed by atoms with Gasteiger partial charge < -0.3 is 19.7 Å². The highest BCUT2D eigenvalue weighted by molar-refractivity contribution is 7.86. The number of benzene rings is 1. The SMILES string of the molecule is COC(=S)NC[C@H]1CN(c2ccc(N3CCN(S(N)(=O)=O)CC3)cc2)C(=O)O1. The number of hydrogen-bond donors (Lipinski definition) is 2. The van der Waals surface area contributed by atoms with Crippen LogP contribution < -0.4 is 20.3 Å². The Morgan fingerprint density at radius 1 is 1.25 bits per heavy atom. The summed E-state index contributed by atoms with van der Waals surface area (Å²) in [4.78, 5) is 15.8. The van der Waals surface area contributed by atoms with Crippen LogP contribution in [0.3, 0.4) is 0 Å². The zero-order valence-corrected chi connectivity index (χ0v) is 17.0. The van der Waals surface area contributed by atoms with E-state index in [0.717, 1.165) is 11.4 Å². The van der Waals surface area contributed by atoms with Crippen molar-refractivity contribution in [2.75, 3.05) is 56.2 Å². The fraction of sp³-hybridized carbons (Fsp3) is 0.500. The Balaban J connectivity index is 1.57. The number of anilines is 2. The molecule has 12 heteroatoms. The molecule has 0 spiro atoms. The van der Waals surface area contributed by atoms with Crippen LogP contribution in [0.15, 0.2) is 24.3 Å². The second kappa shape index (κ2) is 8.47. The molecule has 2 aliphatic heterocycles. The van der Waals surface area contributed by atoms with Gasteiger partial charge in [-0.15, -0.1) is 0 Å². The van der Waals surface area contributed by atoms with Gasteiger partial charge in [0.05, 0.1) is 20.2 Å². The zero-order chi connectivity index (χ0) is 20.3. The molecule has 154 valence electrons. The van der Waals surface area contributed by atoms with Gasteiger partial charge in [-0.3, -0.25) is 4.90 Å². The van der Waals surface area contributed by atoms with Gasteiger partial charge in [-0.25, -0.2) is 9.93 Å². The van der Waals surface area contributed by atoms with E-state index < -0.39 is 16.3 Å². The van der Waals surface area contributed by atoms with E-state index in [1.165, 1.54) is 11.4 Å². The molecule has 3 rings (SSSR count). The van der Waals surface area contributed by atoms with Gasteiger partial charge in [0.1, 0.15) is 6.10 Å². The van der Waals surface area contributed by atoms with Crippen molar-refractivity contribution in [1.82, 2.24) is 9.62 Å². The van der Waals surface area contributed by atoms with E-state index in [0.29, 0.717) is 39.3 Å². The third kappa shape index (κ3) is 4.82. The van der Waals surface area contributed by atoms with Crippen LogP contribution in [0.4, 0.5) is 16.2 Å². The summed E-state index contributed by atoms with van der Waals surface area (Å²) in [5.74, 6) is 0. The number of nitrogens with zero attached hydrogens (tertiary/aromatic N) is 3. The van der Waals surface area contributed by atoms with Gasteiger partial charge >= 0.3 is 6.09 Å². The van der Waals surface area contributed by atoms with Gasteiger partial charge in [-0.05, 0) is 36.5 Å². The average Bonchev–Trinajstić information content (AvgIpc) is 3.06. The Labute approximate surface area is 169 Å². The maximum Gasteiger partial charge on any atom is 0.414 e. The molecule has 0 aliphatic carbocycles. The Morgan fingerprint density at radius 3 is 2.43 bits per heavy atom. The third-order valence-electron chi connectivity index (χ3n) is 4.66. The first-order chi connectivity index (χ1) is 13.3. The summed E-state index contributed by atoms with van der Waals surface area (Å²) >= 11 is 4.91. The van der Waals surface area contributed by atoms with Crippen molar-refractivity contribution >= 4 is 45.1 Å². The lowest BCUT2D eigenvalue weighted by atomic mass is 10.2. The zero-order valence-electron chi connectivity index (χ0n) is 15.4. The molecule has 2 heterocycles. The van der Waals surface area contributed by atoms with E-state index >= 15 is 0 Å². The minimum absolute atomic E-state index is 0.251. The molecule has 1 aromatic carbocycles. The Kier molecular flexibility index (Phi) is 6.23. The summed E-state index contributed by atoms with van der Waals surface area (Å²) in [5.41, 5.74) is 1.68. The highest BCUT2D eigenvalue weighted by atomic mass is 32.2. The van der Waals surface area contributed by atoms with Crippen LogP contribution in [0.2, 0.25) is 0 Å². The normalized spacial score (nSPS) is 20.8. The van der Waals surface area contributed by atoms with E-state index in [1.54, 1.807) is 4.90 Å². The van der Waals surface area contributed by atoms with E-state index in [2.05, 4.69) is 10.2 Å². The predicted octanol–water partition coefficient (Wildman–Crippen LogP) is -0.142. The lowest BCUT2D eigenvalue weighted by molar-refractivity contribution is 0.142. The first-order valence-electron chi connectivity index (χ1n) is 8.71. The second-order valence-electron chi connectivity index (χ2n) is 6.44. The molecule has 2 saturated heterocycles. The number of rotatable bonds is 5. The van der Waals surface area contributed by atoms with Gasteiger partial charge in [0, 0.05) is 37.6 Å². The number of carbonyl (C=O) groups excluding carboxylic acids is 1. The molecule has 28 heavy (non-hydrogen) atoms. The van der Waals surface area contributed by atoms with Crippen LogP contribution in [0.1, 0.15) is 0 Å². The number of carbonyl (C=O) groups is 1. The number of ether oxygens (including phenoxy) is 2. The van der Waals surface area contributed by atoms with Crippen molar-refractivity contribution < 1.29 is 22.7 Å². The van der Waals surface area contributed by atoms with Crippen LogP contribution in [0.5, 0.6) is 0 Å². The van der Waals surface area contributed by atoms with E-state index in [4.69, 9.17) is 26.8 Å². The van der Waals surface area contributed by atoms with Crippen LogP contribution in [-0.4, -0.2) is 76.5 Å². The molecule has 1 atom stereocenters. The monoisotopic (exact) mass is 429 g/mol. The maximum atomic E-state index is 12.1. The van der Waals surface area contributed by atoms with E-state index in [9.17, 15) is 13.2 Å². The number of thiocarbonyl (C=S) groups is 1. The van der Waals surface area contributed by atoms with Crippen LogP contribution in [-0.2, 0) is 19.7 Å². The standard InChI is InChI=1S/C16H23N5O5S2/c1-25-15(27)18-10-14-11-21(16(22)26-14)13-4-2-12(3-5-13)19-6-8-20(9-7-19)28(17,23)24/h2-5,14H,6-11H2,1H3,(H,18,27)(H2,17,23,24)/t14-/m0/s1. The van der Waals surface area contributed by atoms with Crippen molar-refractivity contribution in [3.63, 3.8) is 0 Å². The third-order valence-corrected chi connectivity index (χ3v) is 6.05. The van der Waals surface area contributed by atoms with Gasteiger partial charge in [-0.1, -0.05) is 0 Å². The second-order valence-corrected chi connectivity index (χ2v) is 8.35. The Hall–Kier alpha value is -2.15. The summed E-state index contributed by atoms with van der Waals surface area (Å²) in [7, 11) is -2.17. The number of nitrogens with two attached hydrogens (primary N) is 1. The number of methoxy groups -OCH3 is 1. The quantitative estimate of drug-likeness (QED) is 0.621. The first-order valence-corrected chi connectivity index (χ1v) is 10.6. The lowest BCUT2D eigenvalue weighted by Gasteiger charge is -2.34. The smallest absolute Gasteiger partial charge is 0.414 e. The van der Waals surface area contributed by atoms with Crippen LogP contribution >= 0.6 is 12.2 Å². The molecule has 0 aromatic heterocycles. The number of cyclic esters (lactones) is 1. The van der Waals surface area contributed by atoms with Crippen molar-refractivity contribution in [2.45, 2.75) is 6.10 Å². The number of piperazine rings is 1. The van der Waals surface area contributed by atoms with Crippen molar-refractivity contribution in [3.8, 4) is 0 Å². The number of nitrogens with one attached hydrogen (secondary N) is 1. The molecule has 1 aromatic rings. The summed E-state index contributed by atoms with van der Waals surface area (Å²) in [6.07, 6.45) is -0.740. The van der Waals surface area contributed by atoms with Gasteiger partial charge in [0.2, 0.25) is 0 Å². The van der Waals surface area contributed by atoms with Gasteiger partial charge in [0.15, 0.2) is 0 Å². The molecule has 0 unspecified atom stereocenters. The van der Waals surface area contributed by atoms with Crippen LogP contribution in [0, 0.1) is 0 Å². The highest BCUT2D eigenvalue weighted by Crippen LogP contribution is 2.25. The predicted molar refractivity (Wildman–Crippen MR) is 109 cm³/mol. The lowest BCUT2D eigenvalue weighted by Crippen LogP contribution is -2.50. The fourth-order valence-electron chi connectivity index (χ4n) is 3.15. The maximum absolute atomic E-state index is 12.1. The Morgan fingerprint density at radius 2 is 1.86 bits per heavy atom. The highest BCUT2D eigenvalue weighted by Gasteiger charge is 2.32. The van der Waals surface area contributed by atoms with E-state index in [-0.39, 0.29) is 11.3 Å². The number of hydrogen-bond acceptors (Lipinski definition) is 7. The summed E-state index contributed by atoms with van der Waals surface area (Å²) in [6.45, 7) is 2.57. The number of amides is 1. The first kappa shape index (κ1) is 20.6. The molecule has 0 radical (unpaired) electrons. The molecule has 0 bridgehead atoms. The van der Waals surface area contributed by atoms with Gasteiger partial charge in [0.25, 0.3) is 15.4 Å². The molecule has 2 fully saturated rings. The van der Waals surface area contributed by atoms with Crippen molar-refractivity contribution in [1.29, 1.82) is 0 Å². The van der Waals surface area contributed by atoms with Crippen molar-refractivity contribution in [2.24, 2.45) is 5.14 Å². The largest absolute Gasteiger partial charge is 0.474 e. The molecular weight excluding hydrogens is 406 g/mol. The van der Waals surface area contributed by atoms with Crippen LogP contribution in [0.25, 0.3) is 0 Å². The summed E-state index contributed by atoms with van der Waals surface area (Å²) < 4.78 is 34.3. The minimum Gasteiger partial charge on any atom is -0.474 e. The molecule has 2 aliphatic rings. The molecular formula is C16H23N5O5S2. The molecule has 3 N–H and O–H groups in total. The van der Waals surface area contributed by atoms with Gasteiger partial charge in [-0.2, -0.15) is 12.7 Å². The minimum atomic E-state index is -3.65. The Bertz CT molecular complexity index is 824. The summed E-state index contributed by atoms with van der Waals surface area (Å²) in [5, 5.41) is 8.29. The molecule has 1 amide bonds.